The summed E-state index contributed by atoms with van der Waals surface area (Å²) < 4.78 is 2.40. The van der Waals surface area contributed by atoms with Crippen molar-refractivity contribution in [3.63, 3.8) is 0 Å². The van der Waals surface area contributed by atoms with Crippen molar-refractivity contribution in [2.75, 3.05) is 0 Å². The first kappa shape index (κ1) is 6.48. The fraction of sp³-hybridized carbons (Fsp3) is 0.600. The van der Waals surface area contributed by atoms with E-state index in [1.54, 1.807) is 0 Å². The number of rotatable bonds is 1. The molecule has 0 spiro atoms. The number of H-pyrrole nitrogens is 1. The molecule has 0 bridgehead atoms. The summed E-state index contributed by atoms with van der Waals surface area (Å²) in [5, 5.41) is 2.88. The van der Waals surface area contributed by atoms with Gasteiger partial charge in [0.05, 0.1) is 0 Å². The van der Waals surface area contributed by atoms with E-state index in [2.05, 4.69) is 10.1 Å². The molecular formula is C5H9N3S. The topological polar surface area (TPSA) is 33.6 Å². The number of nitrogens with one attached hydrogen (secondary N) is 1. The highest BCUT2D eigenvalue weighted by Crippen LogP contribution is 1.91. The predicted octanol–water partition coefficient (Wildman–Crippen LogP) is 1.04. The highest BCUT2D eigenvalue weighted by Gasteiger charge is 1.94. The van der Waals surface area contributed by atoms with Crippen LogP contribution in [0.3, 0.4) is 0 Å². The molecule has 0 fully saturated rings. The van der Waals surface area contributed by atoms with Gasteiger partial charge in [0.2, 0.25) is 4.77 Å². The first-order valence-corrected chi connectivity index (χ1v) is 3.26. The second kappa shape index (κ2) is 2.31. The summed E-state index contributed by atoms with van der Waals surface area (Å²) in [6.07, 6.45) is 0.920. The van der Waals surface area contributed by atoms with Crippen LogP contribution in [0.4, 0.5) is 0 Å². The van der Waals surface area contributed by atoms with Crippen LogP contribution >= 0.6 is 12.2 Å². The molecule has 0 radical (unpaired) electrons. The molecule has 1 aromatic heterocycles. The molecule has 3 nitrogen and oxygen atoms in total. The van der Waals surface area contributed by atoms with E-state index < -0.39 is 0 Å². The summed E-state index contributed by atoms with van der Waals surface area (Å²) in [6, 6.07) is 0. The van der Waals surface area contributed by atoms with E-state index in [4.69, 9.17) is 12.2 Å². The normalized spacial score (nSPS) is 10.0. The molecule has 0 saturated heterocycles. The Morgan fingerprint density at radius 1 is 1.78 bits per heavy atom. The fourth-order valence-electron chi connectivity index (χ4n) is 0.741. The number of aromatic nitrogens is 3. The maximum Gasteiger partial charge on any atom is 0.213 e. The van der Waals surface area contributed by atoms with Crippen molar-refractivity contribution in [3.05, 3.63) is 10.6 Å². The zero-order valence-electron chi connectivity index (χ0n) is 5.51. The van der Waals surface area contributed by atoms with Crippen LogP contribution in [-0.2, 0) is 13.5 Å². The third-order valence-electron chi connectivity index (χ3n) is 1.20. The van der Waals surface area contributed by atoms with E-state index in [9.17, 15) is 0 Å². The Morgan fingerprint density at radius 2 is 2.44 bits per heavy atom. The van der Waals surface area contributed by atoms with Gasteiger partial charge in [-0.2, -0.15) is 0 Å². The highest BCUT2D eigenvalue weighted by atomic mass is 32.1. The van der Waals surface area contributed by atoms with Crippen LogP contribution in [-0.4, -0.2) is 14.8 Å². The van der Waals surface area contributed by atoms with Gasteiger partial charge in [-0.15, -0.1) is 0 Å². The minimum Gasteiger partial charge on any atom is -0.275 e. The molecule has 9 heavy (non-hydrogen) atoms. The summed E-state index contributed by atoms with van der Waals surface area (Å²) in [4.78, 5) is 4.05. The van der Waals surface area contributed by atoms with E-state index in [0.29, 0.717) is 4.77 Å². The molecule has 0 aliphatic carbocycles. The standard InChI is InChI=1S/C5H9N3S/c1-3-4-6-5(9)7-8(4)2/h3H2,1-2H3,(H,7,9). The lowest BCUT2D eigenvalue weighted by molar-refractivity contribution is 0.708. The van der Waals surface area contributed by atoms with Crippen LogP contribution in [0.5, 0.6) is 0 Å². The summed E-state index contributed by atoms with van der Waals surface area (Å²) >= 11 is 4.80. The number of aryl methyl sites for hydroxylation is 2. The highest BCUT2D eigenvalue weighted by molar-refractivity contribution is 7.71. The van der Waals surface area contributed by atoms with Gasteiger partial charge in [0.1, 0.15) is 5.82 Å². The van der Waals surface area contributed by atoms with Gasteiger partial charge < -0.3 is 0 Å². The monoisotopic (exact) mass is 143 g/mol. The quantitative estimate of drug-likeness (QED) is 0.596. The number of aromatic amines is 1. The van der Waals surface area contributed by atoms with Crippen LogP contribution in [0.25, 0.3) is 0 Å². The minimum atomic E-state index is 0.564. The minimum absolute atomic E-state index is 0.564. The van der Waals surface area contributed by atoms with Crippen LogP contribution in [0.15, 0.2) is 0 Å². The van der Waals surface area contributed by atoms with Gasteiger partial charge in [-0.25, -0.2) is 4.98 Å². The van der Waals surface area contributed by atoms with Crippen molar-refractivity contribution < 1.29 is 0 Å². The lowest BCUT2D eigenvalue weighted by Gasteiger charge is -1.92. The molecule has 1 N–H and O–H groups in total. The molecular weight excluding hydrogens is 134 g/mol. The van der Waals surface area contributed by atoms with E-state index in [-0.39, 0.29) is 0 Å². The molecule has 0 aromatic carbocycles. The van der Waals surface area contributed by atoms with E-state index >= 15 is 0 Å². The van der Waals surface area contributed by atoms with Crippen LogP contribution in [0, 0.1) is 4.77 Å². The van der Waals surface area contributed by atoms with Gasteiger partial charge in [0, 0.05) is 13.5 Å². The summed E-state index contributed by atoms with van der Waals surface area (Å²) in [5.74, 6) is 1.00. The maximum atomic E-state index is 4.80. The van der Waals surface area contributed by atoms with Crippen LogP contribution in [0.1, 0.15) is 12.7 Å². The Morgan fingerprint density at radius 3 is 2.67 bits per heavy atom. The predicted molar refractivity (Wildman–Crippen MR) is 37.8 cm³/mol. The second-order valence-electron chi connectivity index (χ2n) is 1.86. The molecule has 1 rings (SSSR count). The van der Waals surface area contributed by atoms with Gasteiger partial charge in [-0.1, -0.05) is 6.92 Å². The first-order chi connectivity index (χ1) is 4.24. The van der Waals surface area contributed by atoms with Crippen LogP contribution in [0.2, 0.25) is 0 Å². The maximum absolute atomic E-state index is 4.80. The molecule has 50 valence electrons. The molecule has 4 heteroatoms. The zero-order chi connectivity index (χ0) is 6.85. The molecule has 0 saturated carbocycles. The Bertz CT molecular complexity index is 247. The SMILES string of the molecule is CCc1nc(=S)[nH]n1C. The van der Waals surface area contributed by atoms with E-state index in [1.807, 2.05) is 18.7 Å². The third kappa shape index (κ3) is 1.18. The van der Waals surface area contributed by atoms with Crippen molar-refractivity contribution in [1.82, 2.24) is 14.8 Å². The van der Waals surface area contributed by atoms with Gasteiger partial charge >= 0.3 is 0 Å². The fourth-order valence-corrected chi connectivity index (χ4v) is 0.984. The Labute approximate surface area is 58.7 Å². The second-order valence-corrected chi connectivity index (χ2v) is 2.24. The van der Waals surface area contributed by atoms with Gasteiger partial charge in [0.15, 0.2) is 0 Å². The zero-order valence-corrected chi connectivity index (χ0v) is 6.33. The lowest BCUT2D eigenvalue weighted by Crippen LogP contribution is -1.96. The Hall–Kier alpha value is -0.640. The summed E-state index contributed by atoms with van der Waals surface area (Å²) in [6.45, 7) is 2.05. The van der Waals surface area contributed by atoms with E-state index in [1.165, 1.54) is 0 Å². The average molecular weight is 143 g/mol. The van der Waals surface area contributed by atoms with Gasteiger partial charge in [0.25, 0.3) is 0 Å². The van der Waals surface area contributed by atoms with Crippen LogP contribution < -0.4 is 0 Å². The van der Waals surface area contributed by atoms with Crippen molar-refractivity contribution in [2.24, 2.45) is 7.05 Å². The van der Waals surface area contributed by atoms with Crippen molar-refractivity contribution >= 4 is 12.2 Å². The van der Waals surface area contributed by atoms with Gasteiger partial charge in [-0.05, 0) is 12.2 Å². The Balaban J connectivity index is 3.16. The van der Waals surface area contributed by atoms with Gasteiger partial charge in [-0.3, -0.25) is 9.78 Å². The lowest BCUT2D eigenvalue weighted by atomic mass is 10.5. The molecule has 1 heterocycles. The van der Waals surface area contributed by atoms with Crippen molar-refractivity contribution in [1.29, 1.82) is 0 Å². The molecule has 0 amide bonds. The van der Waals surface area contributed by atoms with Crippen molar-refractivity contribution in [3.8, 4) is 0 Å². The number of nitrogens with zero attached hydrogens (tertiary/aromatic N) is 2. The first-order valence-electron chi connectivity index (χ1n) is 2.86. The molecule has 0 aliphatic heterocycles. The molecule has 0 atom stereocenters. The summed E-state index contributed by atoms with van der Waals surface area (Å²) in [7, 11) is 1.90. The summed E-state index contributed by atoms with van der Waals surface area (Å²) in [5.41, 5.74) is 0. The van der Waals surface area contributed by atoms with Crippen molar-refractivity contribution in [2.45, 2.75) is 13.3 Å². The number of hydrogen-bond donors (Lipinski definition) is 1. The molecule has 0 aliphatic rings. The Kier molecular flexibility index (Phi) is 1.66. The smallest absolute Gasteiger partial charge is 0.213 e. The average Bonchev–Trinajstić information content (AvgIpc) is 2.10. The van der Waals surface area contributed by atoms with E-state index in [0.717, 1.165) is 12.2 Å². The largest absolute Gasteiger partial charge is 0.275 e. The third-order valence-corrected chi connectivity index (χ3v) is 1.38. The molecule has 1 aromatic rings. The number of hydrogen-bond acceptors (Lipinski definition) is 2. The molecule has 0 unspecified atom stereocenters.